The van der Waals surface area contributed by atoms with E-state index in [9.17, 15) is 18.0 Å². The highest BCUT2D eigenvalue weighted by Crippen LogP contribution is 2.33. The van der Waals surface area contributed by atoms with Crippen LogP contribution in [0, 0.1) is 6.92 Å². The summed E-state index contributed by atoms with van der Waals surface area (Å²) < 4.78 is 42.8. The molecule has 0 amide bonds. The zero-order chi connectivity index (χ0) is 21.1. The lowest BCUT2D eigenvalue weighted by Gasteiger charge is -2.15. The molecule has 0 atom stereocenters. The third-order valence-electron chi connectivity index (χ3n) is 3.82. The van der Waals surface area contributed by atoms with Crippen LogP contribution in [0.4, 0.5) is 5.69 Å². The third kappa shape index (κ3) is 4.37. The van der Waals surface area contributed by atoms with Crippen molar-refractivity contribution < 1.29 is 32.2 Å². The van der Waals surface area contributed by atoms with Gasteiger partial charge in [0.2, 0.25) is 0 Å². The van der Waals surface area contributed by atoms with Crippen molar-refractivity contribution in [3.05, 3.63) is 52.0 Å². The predicted octanol–water partition coefficient (Wildman–Crippen LogP) is 3.03. The van der Waals surface area contributed by atoms with Gasteiger partial charge in [-0.3, -0.25) is 4.72 Å². The van der Waals surface area contributed by atoms with Crippen molar-refractivity contribution in [2.75, 3.05) is 26.1 Å². The average molecular weight is 428 g/mol. The second-order valence-electron chi connectivity index (χ2n) is 5.60. The van der Waals surface area contributed by atoms with Crippen molar-refractivity contribution in [2.45, 2.75) is 11.8 Å². The number of anilines is 1. The zero-order valence-electron chi connectivity index (χ0n) is 15.5. The van der Waals surface area contributed by atoms with E-state index in [4.69, 9.17) is 16.3 Å². The Morgan fingerprint density at radius 3 is 2.21 bits per heavy atom. The third-order valence-corrected chi connectivity index (χ3v) is 5.64. The highest BCUT2D eigenvalue weighted by Gasteiger charge is 2.26. The summed E-state index contributed by atoms with van der Waals surface area (Å²) in [5.74, 6) is -1.45. The average Bonchev–Trinajstić information content (AvgIpc) is 2.68. The fraction of sp³-hybridized carbons (Fsp3) is 0.222. The quantitative estimate of drug-likeness (QED) is 0.706. The van der Waals surface area contributed by atoms with E-state index in [-0.39, 0.29) is 22.6 Å². The molecule has 0 spiro atoms. The lowest BCUT2D eigenvalue weighted by molar-refractivity contribution is 0.0583. The summed E-state index contributed by atoms with van der Waals surface area (Å²) in [6.45, 7) is 1.69. The Morgan fingerprint density at radius 1 is 1.00 bits per heavy atom. The summed E-state index contributed by atoms with van der Waals surface area (Å²) in [7, 11) is -0.675. The van der Waals surface area contributed by atoms with Gasteiger partial charge in [-0.05, 0) is 36.8 Å². The molecule has 10 heteroatoms. The molecule has 2 rings (SSSR count). The van der Waals surface area contributed by atoms with Crippen LogP contribution in [0.25, 0.3) is 0 Å². The molecule has 8 nitrogen and oxygen atoms in total. The molecule has 0 bridgehead atoms. The summed E-state index contributed by atoms with van der Waals surface area (Å²) in [6, 6.07) is 6.43. The monoisotopic (exact) mass is 427 g/mol. The first-order valence-electron chi connectivity index (χ1n) is 7.82. The Hall–Kier alpha value is -2.78. The van der Waals surface area contributed by atoms with Crippen LogP contribution in [0.3, 0.4) is 0 Å². The molecule has 0 unspecified atom stereocenters. The number of ether oxygens (including phenoxy) is 3. The molecule has 0 aliphatic rings. The van der Waals surface area contributed by atoms with Crippen molar-refractivity contribution in [2.24, 2.45) is 0 Å². The van der Waals surface area contributed by atoms with Gasteiger partial charge in [0.1, 0.15) is 10.6 Å². The van der Waals surface area contributed by atoms with E-state index in [2.05, 4.69) is 14.2 Å². The van der Waals surface area contributed by atoms with Crippen LogP contribution in [0.2, 0.25) is 5.02 Å². The Balaban J connectivity index is 2.62. The molecule has 28 heavy (non-hydrogen) atoms. The van der Waals surface area contributed by atoms with E-state index in [1.807, 2.05) is 0 Å². The second kappa shape index (κ2) is 8.49. The molecule has 1 N–H and O–H groups in total. The van der Waals surface area contributed by atoms with Crippen LogP contribution >= 0.6 is 11.6 Å². The number of aryl methyl sites for hydroxylation is 1. The van der Waals surface area contributed by atoms with Gasteiger partial charge in [0, 0.05) is 11.1 Å². The number of carbonyl (C=O) groups is 2. The van der Waals surface area contributed by atoms with Gasteiger partial charge in [-0.15, -0.1) is 0 Å². The van der Waals surface area contributed by atoms with Gasteiger partial charge in [-0.25, -0.2) is 18.0 Å². The number of rotatable bonds is 6. The van der Waals surface area contributed by atoms with Crippen molar-refractivity contribution in [1.29, 1.82) is 0 Å². The highest BCUT2D eigenvalue weighted by atomic mass is 35.5. The number of esters is 2. The van der Waals surface area contributed by atoms with Gasteiger partial charge < -0.3 is 14.2 Å². The maximum atomic E-state index is 13.0. The van der Waals surface area contributed by atoms with E-state index in [1.54, 1.807) is 6.92 Å². The molecule has 0 saturated carbocycles. The molecule has 2 aromatic carbocycles. The summed E-state index contributed by atoms with van der Waals surface area (Å²) in [4.78, 5) is 23.4. The largest absolute Gasteiger partial charge is 0.495 e. The van der Waals surface area contributed by atoms with Gasteiger partial charge in [0.05, 0.1) is 38.1 Å². The summed E-state index contributed by atoms with van der Waals surface area (Å²) in [5.41, 5.74) is 0.433. The van der Waals surface area contributed by atoms with Crippen LogP contribution in [-0.4, -0.2) is 41.7 Å². The maximum absolute atomic E-state index is 13.0. The highest BCUT2D eigenvalue weighted by molar-refractivity contribution is 7.92. The van der Waals surface area contributed by atoms with Crippen molar-refractivity contribution in [3.63, 3.8) is 0 Å². The summed E-state index contributed by atoms with van der Waals surface area (Å²) in [6.07, 6.45) is 0. The number of carbonyl (C=O) groups excluding carboxylic acids is 2. The molecule has 0 aromatic heterocycles. The van der Waals surface area contributed by atoms with Crippen molar-refractivity contribution in [1.82, 2.24) is 0 Å². The first kappa shape index (κ1) is 21.5. The van der Waals surface area contributed by atoms with E-state index >= 15 is 0 Å². The van der Waals surface area contributed by atoms with Gasteiger partial charge in [-0.2, -0.15) is 0 Å². The number of hydrogen-bond acceptors (Lipinski definition) is 7. The normalized spacial score (nSPS) is 10.9. The van der Waals surface area contributed by atoms with E-state index < -0.39 is 26.9 Å². The molecule has 0 heterocycles. The number of benzene rings is 2. The minimum Gasteiger partial charge on any atom is -0.495 e. The number of sulfonamides is 1. The summed E-state index contributed by atoms with van der Waals surface area (Å²) >= 11 is 6.04. The molecule has 150 valence electrons. The minimum absolute atomic E-state index is 0.0465. The number of methoxy groups -OCH3 is 3. The summed E-state index contributed by atoms with van der Waals surface area (Å²) in [5, 5.41) is 0.391. The zero-order valence-corrected chi connectivity index (χ0v) is 17.1. The lowest BCUT2D eigenvalue weighted by atomic mass is 10.1. The molecule has 0 saturated heterocycles. The minimum atomic E-state index is -4.31. The first-order chi connectivity index (χ1) is 13.1. The Bertz CT molecular complexity index is 1030. The molecular weight excluding hydrogens is 410 g/mol. The Morgan fingerprint density at radius 2 is 1.64 bits per heavy atom. The van der Waals surface area contributed by atoms with Crippen molar-refractivity contribution >= 4 is 39.3 Å². The van der Waals surface area contributed by atoms with Crippen LogP contribution in [0.5, 0.6) is 5.75 Å². The smallest absolute Gasteiger partial charge is 0.339 e. The van der Waals surface area contributed by atoms with E-state index in [1.165, 1.54) is 31.4 Å². The van der Waals surface area contributed by atoms with Crippen LogP contribution in [0.1, 0.15) is 26.3 Å². The van der Waals surface area contributed by atoms with E-state index in [0.717, 1.165) is 20.3 Å². The molecule has 0 aliphatic carbocycles. The van der Waals surface area contributed by atoms with Gasteiger partial charge in [0.15, 0.2) is 0 Å². The number of halogens is 1. The lowest BCUT2D eigenvalue weighted by Crippen LogP contribution is -2.19. The van der Waals surface area contributed by atoms with Gasteiger partial charge >= 0.3 is 11.9 Å². The maximum Gasteiger partial charge on any atom is 0.339 e. The predicted molar refractivity (Wildman–Crippen MR) is 103 cm³/mol. The fourth-order valence-corrected chi connectivity index (χ4v) is 3.82. The second-order valence-corrected chi connectivity index (χ2v) is 7.66. The standard InChI is InChI=1S/C18H18ClNO7S/c1-10-7-14(15(25-2)9-13(10)19)20-28(23,24)16-8-11(17(21)26-3)5-6-12(16)18(22)27-4/h5-9,20H,1-4H3. The van der Waals surface area contributed by atoms with Gasteiger partial charge in [0.25, 0.3) is 10.0 Å². The SMILES string of the molecule is COC(=O)c1ccc(C(=O)OC)c(S(=O)(=O)Nc2cc(C)c(Cl)cc2OC)c1. The van der Waals surface area contributed by atoms with Crippen LogP contribution in [-0.2, 0) is 19.5 Å². The molecule has 0 aliphatic heterocycles. The molecular formula is C18H18ClNO7S. The number of hydrogen-bond donors (Lipinski definition) is 1. The molecule has 0 radical (unpaired) electrons. The first-order valence-corrected chi connectivity index (χ1v) is 9.68. The van der Waals surface area contributed by atoms with E-state index in [0.29, 0.717) is 10.6 Å². The molecule has 0 fully saturated rings. The van der Waals surface area contributed by atoms with Gasteiger partial charge in [-0.1, -0.05) is 11.6 Å². The molecule has 2 aromatic rings. The Kier molecular flexibility index (Phi) is 6.52. The number of nitrogens with one attached hydrogen (secondary N) is 1. The Labute approximate surface area is 167 Å². The fourth-order valence-electron chi connectivity index (χ4n) is 2.38. The topological polar surface area (TPSA) is 108 Å². The van der Waals surface area contributed by atoms with Crippen LogP contribution in [0.15, 0.2) is 35.2 Å². The van der Waals surface area contributed by atoms with Crippen molar-refractivity contribution in [3.8, 4) is 5.75 Å². The van der Waals surface area contributed by atoms with Crippen LogP contribution < -0.4 is 9.46 Å².